The molecule has 8 aromatic rings. The molecule has 0 radical (unpaired) electrons. The summed E-state index contributed by atoms with van der Waals surface area (Å²) in [5, 5.41) is 9.68. The average Bonchev–Trinajstić information content (AvgIpc) is 1.34. The lowest BCUT2D eigenvalue weighted by atomic mass is 9.82. The van der Waals surface area contributed by atoms with Gasteiger partial charge in [-0.2, -0.15) is 0 Å². The number of nitrogens with zero attached hydrogens (tertiary/aromatic N) is 3. The van der Waals surface area contributed by atoms with Crippen molar-refractivity contribution in [1.29, 1.82) is 0 Å². The van der Waals surface area contributed by atoms with Gasteiger partial charge in [0.2, 0.25) is 0 Å². The molecule has 8 aromatic carbocycles. The first-order valence-electron chi connectivity index (χ1n) is 27.3. The number of amides is 6. The Hall–Kier alpha value is -9.33. The van der Waals surface area contributed by atoms with Gasteiger partial charge in [0.1, 0.15) is 6.67 Å². The van der Waals surface area contributed by atoms with Crippen molar-refractivity contribution >= 4 is 148 Å². The van der Waals surface area contributed by atoms with Gasteiger partial charge < -0.3 is 5.32 Å². The lowest BCUT2D eigenvalue weighted by Crippen LogP contribution is -2.47. The van der Waals surface area contributed by atoms with Gasteiger partial charge in [0.15, 0.2) is 11.6 Å². The van der Waals surface area contributed by atoms with Crippen molar-refractivity contribution in [3.05, 3.63) is 232 Å². The Kier molecular flexibility index (Phi) is 13.2. The number of imide groups is 2. The highest BCUT2D eigenvalue weighted by Gasteiger charge is 2.46. The number of carbonyl (C=O) groups is 8. The number of hydrogen-bond donors (Lipinski definition) is 1. The van der Waals surface area contributed by atoms with Crippen molar-refractivity contribution in [3.63, 3.8) is 0 Å². The summed E-state index contributed by atoms with van der Waals surface area (Å²) in [5.41, 5.74) is 9.87. The fourth-order valence-corrected chi connectivity index (χ4v) is 13.1. The predicted molar refractivity (Wildman–Crippen MR) is 327 cm³/mol. The van der Waals surface area contributed by atoms with Crippen LogP contribution in [0.25, 0.3) is 66.5 Å². The first kappa shape index (κ1) is 53.9. The molecule has 1 N–H and O–H groups in total. The third-order valence-electron chi connectivity index (χ3n) is 16.6. The number of allylic oxidation sites excluding steroid dienone is 3. The molecule has 84 heavy (non-hydrogen) atoms. The second kappa shape index (κ2) is 20.5. The molecule has 0 fully saturated rings. The van der Waals surface area contributed by atoms with Crippen LogP contribution in [-0.2, 0) is 24.0 Å². The number of aryl methyl sites for hydroxylation is 1. The highest BCUT2D eigenvalue weighted by Crippen LogP contribution is 2.47. The summed E-state index contributed by atoms with van der Waals surface area (Å²) in [6.45, 7) is 6.91. The number of hydrogen-bond acceptors (Lipinski definition) is 8. The van der Waals surface area contributed by atoms with Crippen molar-refractivity contribution in [1.82, 2.24) is 20.0 Å². The van der Waals surface area contributed by atoms with Gasteiger partial charge in [-0.15, -0.1) is 0 Å². The molecule has 2 aliphatic carbocycles. The second-order valence-electron chi connectivity index (χ2n) is 21.4. The number of halogens is 3. The van der Waals surface area contributed by atoms with Crippen LogP contribution in [0.5, 0.6) is 0 Å². The van der Waals surface area contributed by atoms with E-state index in [1.165, 1.54) is 16.7 Å². The van der Waals surface area contributed by atoms with E-state index in [9.17, 15) is 38.4 Å². The molecule has 15 heteroatoms. The van der Waals surface area contributed by atoms with Crippen LogP contribution in [-0.4, -0.2) is 74.9 Å². The Balaban J connectivity index is 0.000000221. The van der Waals surface area contributed by atoms with Crippen LogP contribution in [0.15, 0.2) is 162 Å². The summed E-state index contributed by atoms with van der Waals surface area (Å²) in [7, 11) is 0. The zero-order valence-corrected chi connectivity index (χ0v) is 47.9. The average molecular weight is 1170 g/mol. The SMILES string of the molecule is CC(=O)C1=C(c2ccc(C)cc2)NC(=O)/C1=C(/C)c1ccc(Cl)cc1.CCN1C(=O)C2=CCC=c3c4ccc5c6c(ccc(c7ccc(c2c37)C1=O)c64)C(=O)N(CN1C(=O)C2=C(c3ccc(Cl)cc3)CCC(=O)C2=C1c1ccc(Cl)cc1)C5=O. The molecule has 0 unspecified atom stereocenters. The van der Waals surface area contributed by atoms with Crippen LogP contribution in [0.2, 0.25) is 15.1 Å². The van der Waals surface area contributed by atoms with E-state index in [-0.39, 0.29) is 53.4 Å². The Bertz CT molecular complexity index is 4620. The van der Waals surface area contributed by atoms with Crippen molar-refractivity contribution in [2.75, 3.05) is 13.2 Å². The van der Waals surface area contributed by atoms with Crippen LogP contribution in [0.3, 0.4) is 0 Å². The molecule has 0 spiro atoms. The van der Waals surface area contributed by atoms with E-state index >= 15 is 0 Å². The summed E-state index contributed by atoms with van der Waals surface area (Å²) >= 11 is 18.4. The zero-order valence-electron chi connectivity index (χ0n) is 45.6. The highest BCUT2D eigenvalue weighted by molar-refractivity contribution is 6.38. The summed E-state index contributed by atoms with van der Waals surface area (Å²) in [6.07, 6.45) is 4.83. The minimum absolute atomic E-state index is 0.141. The molecular formula is C69H47Cl3N4O8. The van der Waals surface area contributed by atoms with Crippen molar-refractivity contribution in [2.45, 2.75) is 47.0 Å². The highest BCUT2D eigenvalue weighted by atomic mass is 35.5. The van der Waals surface area contributed by atoms with Crippen LogP contribution >= 0.6 is 34.8 Å². The lowest BCUT2D eigenvalue weighted by Gasteiger charge is -2.32. The molecule has 6 amide bonds. The van der Waals surface area contributed by atoms with Gasteiger partial charge in [0, 0.05) is 61.2 Å². The Labute approximate surface area is 496 Å². The largest absolute Gasteiger partial charge is 0.321 e. The van der Waals surface area contributed by atoms with Crippen LogP contribution in [0.4, 0.5) is 0 Å². The van der Waals surface area contributed by atoms with E-state index < -0.39 is 24.4 Å². The van der Waals surface area contributed by atoms with E-state index in [1.807, 2.05) is 92.7 Å². The molecule has 14 rings (SSSR count). The molecule has 0 saturated carbocycles. The molecule has 4 heterocycles. The fraction of sp³-hybridized carbons (Fsp3) is 0.130. The number of carbonyl (C=O) groups excluding carboxylic acids is 8. The number of ketones is 2. The summed E-state index contributed by atoms with van der Waals surface area (Å²) in [4.78, 5) is 114. The number of likely N-dealkylation sites (N-methyl/N-ethyl adjacent to an activating group) is 1. The van der Waals surface area contributed by atoms with Gasteiger partial charge in [-0.1, -0.05) is 131 Å². The number of fused-ring (bicyclic) bond motifs is 3. The second-order valence-corrected chi connectivity index (χ2v) is 22.7. The standard InChI is InChI=1S/C48H29Cl2N3O6.C21H18ClNO2/c1-2-51-44(55)32-5-3-4-28-29-14-18-34-40-35(19-16-31(38(29)40)30-15-17-33(45(51)56)39(32)37(28)30)47(58)53(46(34)57)22-52-43(24-8-12-26(50)13-9-24)42-36(54)21-20-27(41(42)48(52)59)23-6-10-25(49)11-7-23;1-12-4-6-16(7-5-12)20-19(14(3)24)18(21(25)23-20)13(2)15-8-10-17(22)11-9-15/h4-19H,2-3,20-22H2,1H3;4-11H,1-3H3,(H,23,25)/b;18-13-. The summed E-state index contributed by atoms with van der Waals surface area (Å²) in [6, 6.07) is 39.6. The predicted octanol–water partition coefficient (Wildman–Crippen LogP) is 12.9. The minimum Gasteiger partial charge on any atom is -0.321 e. The van der Waals surface area contributed by atoms with Crippen LogP contribution in [0, 0.1) is 6.92 Å². The van der Waals surface area contributed by atoms with Crippen molar-refractivity contribution in [2.24, 2.45) is 0 Å². The smallest absolute Gasteiger partial charge is 0.262 e. The van der Waals surface area contributed by atoms with E-state index in [1.54, 1.807) is 73.7 Å². The maximum absolute atomic E-state index is 14.8. The quantitative estimate of drug-likeness (QED) is 0.0681. The summed E-state index contributed by atoms with van der Waals surface area (Å²) < 4.78 is 0. The van der Waals surface area contributed by atoms with E-state index in [2.05, 4.69) is 5.32 Å². The number of benzene rings is 8. The molecule has 412 valence electrons. The third-order valence-corrected chi connectivity index (χ3v) is 17.4. The monoisotopic (exact) mass is 1160 g/mol. The molecule has 6 aliphatic rings. The minimum atomic E-state index is -0.585. The van der Waals surface area contributed by atoms with Crippen molar-refractivity contribution in [3.8, 4) is 0 Å². The zero-order chi connectivity index (χ0) is 58.7. The number of nitrogens with one attached hydrogen (secondary N) is 1. The molecular weight excluding hydrogens is 1120 g/mol. The molecule has 12 nitrogen and oxygen atoms in total. The van der Waals surface area contributed by atoms with Crippen molar-refractivity contribution < 1.29 is 38.4 Å². The third kappa shape index (κ3) is 8.41. The van der Waals surface area contributed by atoms with Crippen LogP contribution in [0.1, 0.15) is 104 Å². The van der Waals surface area contributed by atoms with Gasteiger partial charge in [0.05, 0.1) is 33.7 Å². The van der Waals surface area contributed by atoms with Crippen LogP contribution < -0.4 is 10.5 Å². The normalized spacial score (nSPS) is 17.1. The van der Waals surface area contributed by atoms with Gasteiger partial charge in [0.25, 0.3) is 35.4 Å². The lowest BCUT2D eigenvalue weighted by molar-refractivity contribution is -0.124. The molecule has 0 aromatic heterocycles. The molecule has 0 atom stereocenters. The van der Waals surface area contributed by atoms with Gasteiger partial charge >= 0.3 is 0 Å². The van der Waals surface area contributed by atoms with E-state index in [0.717, 1.165) is 64.9 Å². The molecule has 0 bridgehead atoms. The summed E-state index contributed by atoms with van der Waals surface area (Å²) in [5.74, 6) is -2.94. The number of Topliss-reactive ketones (excluding diaryl/α,β-unsaturated/α-hetero) is 2. The molecule has 0 saturated heterocycles. The number of rotatable bonds is 8. The fourth-order valence-electron chi connectivity index (χ4n) is 12.7. The van der Waals surface area contributed by atoms with Gasteiger partial charge in [-0.25, -0.2) is 0 Å². The van der Waals surface area contributed by atoms with Gasteiger partial charge in [-0.3, -0.25) is 53.1 Å². The first-order chi connectivity index (χ1) is 40.4. The molecule has 4 aliphatic heterocycles. The topological polar surface area (TPSA) is 158 Å². The Morgan fingerprint density at radius 3 is 1.71 bits per heavy atom. The van der Waals surface area contributed by atoms with Gasteiger partial charge in [-0.05, 0) is 161 Å². The maximum atomic E-state index is 14.8. The maximum Gasteiger partial charge on any atom is 0.262 e. The first-order valence-corrected chi connectivity index (χ1v) is 28.4. The Morgan fingerprint density at radius 1 is 0.536 bits per heavy atom. The van der Waals surface area contributed by atoms with E-state index in [0.29, 0.717) is 94.8 Å². The Morgan fingerprint density at radius 2 is 1.10 bits per heavy atom. The van der Waals surface area contributed by atoms with E-state index in [4.69, 9.17) is 34.8 Å².